The molecule has 568 valence electrons. The lowest BCUT2D eigenvalue weighted by atomic mass is 9.93. The molecule has 14 rings (SSSR count). The third kappa shape index (κ3) is 25.8. The van der Waals surface area contributed by atoms with E-state index < -0.39 is 17.3 Å². The fourth-order valence-electron chi connectivity index (χ4n) is 9.35. The van der Waals surface area contributed by atoms with Crippen molar-refractivity contribution in [1.82, 2.24) is 49.7 Å². The average Bonchev–Trinajstić information content (AvgIpc) is 1.17. The molecule has 6 fully saturated rings. The molecule has 0 saturated heterocycles. The number of aromatic nitrogens is 10. The molecular formula is C81H112F4N10O9. The standard InChI is InChI=1S/C18H22N2O.C16H22N4O.C12H17FN2O2.C12H18FNO.C12H17FO2.C11H16FNO2/c1-18(2,3)17-19-15(14-7-5-4-6-8-14)11-16(20-17)21-12-13-9-10-13;1-16(2,3)15-18-13(12-8-17-20(4)9-12)7-14(19-15)21-10-11-5-6-11;1-12(2,3)11-14-9(16)8(13)10(15-11)17-6-7-4-5-7;1-12(2,3)10-6-9(13)11(14-10)15-7-8-4-5-8;1-12(2,3)10-6-9(13)11(15-10)14-7-8-4-5-8;1-11(2,3)10-13-8(12)9(15-10)14-6-7-4-5-7/h4-8,11,13H,9-10,12H2,1-3H3;7-9,11H,5-6,10H2,1-4H3;7H,4-6H2,1-3H3,(H,14,15,16);6,8,14H,4-5,7H2,1-3H3;6,8H,4-5,7H2,1-3H3;7H,4-6H2,1-3H3. The quantitative estimate of drug-likeness (QED) is 0.0677. The molecule has 23 heteroatoms. The van der Waals surface area contributed by atoms with Gasteiger partial charge in [0.15, 0.2) is 5.82 Å². The minimum atomic E-state index is -0.932. The van der Waals surface area contributed by atoms with Gasteiger partial charge in [0.1, 0.15) is 23.2 Å². The molecule has 8 aromatic rings. The number of hydrogen-bond acceptors (Lipinski definition) is 16. The van der Waals surface area contributed by atoms with Crippen molar-refractivity contribution in [3.63, 3.8) is 0 Å². The lowest BCUT2D eigenvalue weighted by Gasteiger charge is -2.18. The third-order valence-electron chi connectivity index (χ3n) is 17.4. The van der Waals surface area contributed by atoms with Crippen LogP contribution in [-0.2, 0) is 39.5 Å². The van der Waals surface area contributed by atoms with E-state index in [1.165, 1.54) is 76.3 Å². The Morgan fingerprint density at radius 3 is 1.33 bits per heavy atom. The van der Waals surface area contributed by atoms with Gasteiger partial charge in [0, 0.05) is 80.8 Å². The van der Waals surface area contributed by atoms with E-state index in [0.717, 1.165) is 71.8 Å². The minimum absolute atomic E-state index is 0.0480. The summed E-state index contributed by atoms with van der Waals surface area (Å²) in [5.74, 6) is 6.06. The number of H-pyrrole nitrogens is 2. The Labute approximate surface area is 611 Å². The first-order valence-electron chi connectivity index (χ1n) is 37.0. The first kappa shape index (κ1) is 79.9. The Morgan fingerprint density at radius 1 is 0.462 bits per heavy atom. The molecule has 0 amide bonds. The number of halogens is 4. The summed E-state index contributed by atoms with van der Waals surface area (Å²) in [6.07, 6.45) is 18.2. The van der Waals surface area contributed by atoms with Crippen molar-refractivity contribution in [3.8, 4) is 57.9 Å². The fraction of sp³-hybridized carbons (Fsp3) is 0.605. The molecule has 2 N–H and O–H groups in total. The first-order valence-corrected chi connectivity index (χ1v) is 37.0. The van der Waals surface area contributed by atoms with Crippen LogP contribution in [0.1, 0.15) is 236 Å². The molecule has 104 heavy (non-hydrogen) atoms. The van der Waals surface area contributed by atoms with E-state index in [-0.39, 0.29) is 61.9 Å². The Hall–Kier alpha value is -8.24. The molecule has 19 nitrogen and oxygen atoms in total. The molecule has 6 aliphatic carbocycles. The predicted octanol–water partition coefficient (Wildman–Crippen LogP) is 18.8. The molecule has 0 unspecified atom stereocenters. The van der Waals surface area contributed by atoms with E-state index in [1.54, 1.807) is 4.68 Å². The summed E-state index contributed by atoms with van der Waals surface area (Å²) in [5.41, 5.74) is 2.91. The second kappa shape index (κ2) is 33.5. The van der Waals surface area contributed by atoms with Crippen molar-refractivity contribution in [2.24, 2.45) is 42.6 Å². The Morgan fingerprint density at radius 2 is 0.923 bits per heavy atom. The summed E-state index contributed by atoms with van der Waals surface area (Å²) in [6.45, 7) is 40.0. The Bertz CT molecular complexity index is 3950. The zero-order chi connectivity index (χ0) is 75.7. The monoisotopic (exact) mass is 1440 g/mol. The molecule has 7 heterocycles. The summed E-state index contributed by atoms with van der Waals surface area (Å²) >= 11 is 0. The van der Waals surface area contributed by atoms with Gasteiger partial charge < -0.3 is 47.2 Å². The van der Waals surface area contributed by atoms with Gasteiger partial charge in [0.25, 0.3) is 17.4 Å². The second-order valence-electron chi connectivity index (χ2n) is 34.9. The Balaban J connectivity index is 0.000000146. The van der Waals surface area contributed by atoms with Gasteiger partial charge in [-0.15, -0.1) is 0 Å². The third-order valence-corrected chi connectivity index (χ3v) is 17.4. The summed E-state index contributed by atoms with van der Waals surface area (Å²) < 4.78 is 99.0. The van der Waals surface area contributed by atoms with Crippen LogP contribution in [0, 0.1) is 58.9 Å². The predicted molar refractivity (Wildman–Crippen MR) is 394 cm³/mol. The molecule has 0 atom stereocenters. The number of nitrogens with one attached hydrogen (secondary N) is 2. The van der Waals surface area contributed by atoms with Gasteiger partial charge in [-0.05, 0) is 119 Å². The van der Waals surface area contributed by atoms with Crippen LogP contribution in [0.3, 0.4) is 0 Å². The highest BCUT2D eigenvalue weighted by molar-refractivity contribution is 5.60. The van der Waals surface area contributed by atoms with E-state index in [4.69, 9.17) is 42.2 Å². The Kier molecular flexibility index (Phi) is 25.7. The van der Waals surface area contributed by atoms with E-state index >= 15 is 0 Å². The van der Waals surface area contributed by atoms with E-state index in [9.17, 15) is 22.4 Å². The number of ether oxygens (including phenoxy) is 6. The normalized spacial score (nSPS) is 16.0. The van der Waals surface area contributed by atoms with Crippen molar-refractivity contribution < 1.29 is 54.8 Å². The zero-order valence-corrected chi connectivity index (χ0v) is 64.8. The number of oxazole rings is 1. The van der Waals surface area contributed by atoms with Crippen molar-refractivity contribution in [2.75, 3.05) is 39.6 Å². The molecule has 7 aromatic heterocycles. The van der Waals surface area contributed by atoms with Crippen LogP contribution in [0.15, 0.2) is 80.6 Å². The molecule has 0 radical (unpaired) electrons. The summed E-state index contributed by atoms with van der Waals surface area (Å²) in [6, 6.07) is 17.0. The van der Waals surface area contributed by atoms with Crippen LogP contribution in [0.5, 0.6) is 35.4 Å². The molecule has 1 aromatic carbocycles. The van der Waals surface area contributed by atoms with Gasteiger partial charge in [0.2, 0.25) is 35.2 Å². The summed E-state index contributed by atoms with van der Waals surface area (Å²) in [5, 5.41) is 4.21. The maximum absolute atomic E-state index is 13.5. The fourth-order valence-corrected chi connectivity index (χ4v) is 9.35. The SMILES string of the molecule is CC(C)(C)c1cc(F)c(OCC2CC2)[nH]1.CC(C)(C)c1cc(F)c(OCC2CC2)o1.CC(C)(C)c1nc(F)c(OCC2CC2)o1.CC(C)(C)c1nc(OCC2CC2)c(F)c(=O)[nH]1.CC(C)(C)c1nc(OCC2CC2)cc(-c2ccccc2)n1.Cn1cc(-c2cc(OCC3CC3)nc(C(C)(C)C)n2)cn1. The molecule has 0 spiro atoms. The largest absolute Gasteiger partial charge is 0.477 e. The number of hydrogen-bond donors (Lipinski definition) is 2. The highest BCUT2D eigenvalue weighted by Crippen LogP contribution is 2.38. The van der Waals surface area contributed by atoms with Crippen molar-refractivity contribution in [2.45, 2.75) is 234 Å². The molecule has 6 saturated carbocycles. The van der Waals surface area contributed by atoms with Crippen molar-refractivity contribution in [3.05, 3.63) is 136 Å². The van der Waals surface area contributed by atoms with Crippen molar-refractivity contribution >= 4 is 0 Å². The van der Waals surface area contributed by atoms with Crippen LogP contribution in [-0.4, -0.2) is 89.3 Å². The van der Waals surface area contributed by atoms with Crippen LogP contribution in [0.4, 0.5) is 17.6 Å². The van der Waals surface area contributed by atoms with Crippen LogP contribution >= 0.6 is 0 Å². The first-order chi connectivity index (χ1) is 48.7. The highest BCUT2D eigenvalue weighted by atomic mass is 19.1. The molecule has 6 aliphatic rings. The van der Waals surface area contributed by atoms with E-state index in [2.05, 4.69) is 93.7 Å². The maximum Gasteiger partial charge on any atom is 0.343 e. The number of furan rings is 1. The number of aromatic amines is 2. The smallest absolute Gasteiger partial charge is 0.343 e. The average molecular weight is 1450 g/mol. The highest BCUT2D eigenvalue weighted by Gasteiger charge is 2.32. The lowest BCUT2D eigenvalue weighted by molar-refractivity contribution is 0.206. The van der Waals surface area contributed by atoms with Crippen LogP contribution in [0.2, 0.25) is 0 Å². The van der Waals surface area contributed by atoms with Gasteiger partial charge in [0.05, 0.1) is 57.2 Å². The molecule has 0 aliphatic heterocycles. The van der Waals surface area contributed by atoms with Crippen molar-refractivity contribution in [1.29, 1.82) is 0 Å². The van der Waals surface area contributed by atoms with Crippen LogP contribution in [0.25, 0.3) is 22.5 Å². The number of aryl methyl sites for hydroxylation is 1. The molecule has 0 bridgehead atoms. The van der Waals surface area contributed by atoms with Gasteiger partial charge >= 0.3 is 11.9 Å². The summed E-state index contributed by atoms with van der Waals surface area (Å²) in [4.78, 5) is 43.2. The minimum Gasteiger partial charge on any atom is -0.477 e. The van der Waals surface area contributed by atoms with E-state index in [1.807, 2.05) is 133 Å². The van der Waals surface area contributed by atoms with Gasteiger partial charge in [-0.2, -0.15) is 38.2 Å². The zero-order valence-electron chi connectivity index (χ0n) is 64.8. The summed E-state index contributed by atoms with van der Waals surface area (Å²) in [7, 11) is 1.90. The maximum atomic E-state index is 13.5. The van der Waals surface area contributed by atoms with Gasteiger partial charge in [-0.3, -0.25) is 9.48 Å². The lowest BCUT2D eigenvalue weighted by Crippen LogP contribution is -2.25. The molecular weight excluding hydrogens is 1330 g/mol. The number of benzene rings is 1. The number of nitrogens with zero attached hydrogens (tertiary/aromatic N) is 8. The second-order valence-corrected chi connectivity index (χ2v) is 34.9. The topological polar surface area (TPSA) is 225 Å². The van der Waals surface area contributed by atoms with E-state index in [0.29, 0.717) is 91.1 Å². The van der Waals surface area contributed by atoms with Gasteiger partial charge in [-0.1, -0.05) is 155 Å². The van der Waals surface area contributed by atoms with Crippen LogP contribution < -0.4 is 34.0 Å². The number of rotatable bonds is 20. The van der Waals surface area contributed by atoms with Gasteiger partial charge in [-0.25, -0.2) is 14.4 Å².